The average Bonchev–Trinajstić information content (AvgIpc) is 3.02. The average molecular weight is 367 g/mol. The van der Waals surface area contributed by atoms with Crippen LogP contribution in [0.2, 0.25) is 0 Å². The second kappa shape index (κ2) is 8.01. The fourth-order valence-electron chi connectivity index (χ4n) is 2.42. The molecule has 5 nitrogen and oxygen atoms in total. The molecule has 0 unspecified atom stereocenters. The van der Waals surface area contributed by atoms with Crippen molar-refractivity contribution in [2.45, 2.75) is 13.5 Å². The molecule has 0 saturated heterocycles. The van der Waals surface area contributed by atoms with Crippen LogP contribution in [0, 0.1) is 6.92 Å². The lowest BCUT2D eigenvalue weighted by molar-refractivity contribution is 0.103. The van der Waals surface area contributed by atoms with E-state index >= 15 is 0 Å². The molecule has 6 heteroatoms. The molecule has 0 spiro atoms. The molecule has 0 aliphatic rings. The van der Waals surface area contributed by atoms with Crippen LogP contribution in [0.5, 0.6) is 5.75 Å². The van der Waals surface area contributed by atoms with Gasteiger partial charge >= 0.3 is 0 Å². The Morgan fingerprint density at radius 3 is 2.46 bits per heavy atom. The summed E-state index contributed by atoms with van der Waals surface area (Å²) in [5, 5.41) is 3.70. The van der Waals surface area contributed by atoms with Gasteiger partial charge in [-0.05, 0) is 43.3 Å². The maximum absolute atomic E-state index is 12.5. The predicted octanol–water partition coefficient (Wildman–Crippen LogP) is 4.35. The second-order valence-corrected chi connectivity index (χ2v) is 7.10. The summed E-state index contributed by atoms with van der Waals surface area (Å²) in [6.45, 7) is 2.19. The van der Waals surface area contributed by atoms with Gasteiger partial charge in [-0.1, -0.05) is 18.2 Å². The van der Waals surface area contributed by atoms with Crippen molar-refractivity contribution in [3.63, 3.8) is 0 Å². The number of aromatic nitrogens is 1. The maximum Gasteiger partial charge on any atom is 0.267 e. The number of nitrogens with one attached hydrogen (secondary N) is 1. The van der Waals surface area contributed by atoms with Crippen LogP contribution in [0.1, 0.15) is 20.4 Å². The molecule has 1 N–H and O–H groups in total. The number of para-hydroxylation sites is 1. The third-order valence-corrected chi connectivity index (χ3v) is 4.92. The first kappa shape index (κ1) is 17.9. The lowest BCUT2D eigenvalue weighted by Crippen LogP contribution is -2.12. The molecule has 0 aliphatic carbocycles. The summed E-state index contributed by atoms with van der Waals surface area (Å²) >= 11 is 1.36. The Bertz CT molecular complexity index is 874. The molecule has 1 heterocycles. The van der Waals surface area contributed by atoms with Gasteiger partial charge in [0.1, 0.15) is 22.2 Å². The van der Waals surface area contributed by atoms with Crippen LogP contribution in [0.3, 0.4) is 0 Å². The minimum absolute atomic E-state index is 0.149. The van der Waals surface area contributed by atoms with Crippen molar-refractivity contribution in [3.8, 4) is 5.75 Å². The summed E-state index contributed by atoms with van der Waals surface area (Å²) in [6.07, 6.45) is 0. The SMILES string of the molecule is Cc1nc(COc2ccccc2)sc1C(=O)Nc1ccc(N(C)C)cc1. The van der Waals surface area contributed by atoms with Crippen molar-refractivity contribution in [1.82, 2.24) is 4.98 Å². The maximum atomic E-state index is 12.5. The molecule has 1 amide bonds. The van der Waals surface area contributed by atoms with Gasteiger partial charge in [0.15, 0.2) is 0 Å². The van der Waals surface area contributed by atoms with Crippen molar-refractivity contribution in [2.24, 2.45) is 0 Å². The van der Waals surface area contributed by atoms with E-state index in [0.717, 1.165) is 22.1 Å². The Morgan fingerprint density at radius 2 is 1.81 bits per heavy atom. The zero-order chi connectivity index (χ0) is 18.5. The molecular weight excluding hydrogens is 346 g/mol. The first-order valence-corrected chi connectivity index (χ1v) is 9.07. The normalized spacial score (nSPS) is 10.4. The van der Waals surface area contributed by atoms with Crippen molar-refractivity contribution >= 4 is 28.6 Å². The lowest BCUT2D eigenvalue weighted by atomic mass is 10.2. The van der Waals surface area contributed by atoms with Gasteiger partial charge in [0.05, 0.1) is 5.69 Å². The lowest BCUT2D eigenvalue weighted by Gasteiger charge is -2.12. The second-order valence-electron chi connectivity index (χ2n) is 6.02. The third kappa shape index (κ3) is 4.40. The van der Waals surface area contributed by atoms with Gasteiger partial charge in [0, 0.05) is 25.5 Å². The number of rotatable bonds is 6. The molecule has 0 saturated carbocycles. The number of hydrogen-bond donors (Lipinski definition) is 1. The number of ether oxygens (including phenoxy) is 1. The van der Waals surface area contributed by atoms with Crippen LogP contribution in [0.25, 0.3) is 0 Å². The van der Waals surface area contributed by atoms with E-state index in [1.54, 1.807) is 0 Å². The fourth-order valence-corrected chi connectivity index (χ4v) is 3.29. The van der Waals surface area contributed by atoms with Crippen molar-refractivity contribution in [1.29, 1.82) is 0 Å². The molecule has 1 aromatic heterocycles. The largest absolute Gasteiger partial charge is 0.486 e. The molecule has 0 atom stereocenters. The predicted molar refractivity (Wildman–Crippen MR) is 106 cm³/mol. The van der Waals surface area contributed by atoms with Gasteiger partial charge in [0.25, 0.3) is 5.91 Å². The highest BCUT2D eigenvalue weighted by Crippen LogP contribution is 2.22. The number of nitrogens with zero attached hydrogens (tertiary/aromatic N) is 2. The number of carbonyl (C=O) groups is 1. The number of carbonyl (C=O) groups excluding carboxylic acids is 1. The first-order valence-electron chi connectivity index (χ1n) is 8.26. The van der Waals surface area contributed by atoms with Crippen LogP contribution in [0.15, 0.2) is 54.6 Å². The molecule has 3 rings (SSSR count). The third-order valence-electron chi connectivity index (χ3n) is 3.79. The minimum Gasteiger partial charge on any atom is -0.486 e. The number of thiazole rings is 1. The van der Waals surface area contributed by atoms with Gasteiger partial charge < -0.3 is 15.0 Å². The summed E-state index contributed by atoms with van der Waals surface area (Å²) in [5.41, 5.74) is 2.55. The van der Waals surface area contributed by atoms with Crippen LogP contribution in [0.4, 0.5) is 11.4 Å². The Labute approximate surface area is 157 Å². The highest BCUT2D eigenvalue weighted by molar-refractivity contribution is 7.13. The zero-order valence-corrected chi connectivity index (χ0v) is 15.8. The van der Waals surface area contributed by atoms with Gasteiger partial charge in [-0.15, -0.1) is 11.3 Å². The number of amides is 1. The smallest absolute Gasteiger partial charge is 0.267 e. The van der Waals surface area contributed by atoms with Gasteiger partial charge in [0.2, 0.25) is 0 Å². The van der Waals surface area contributed by atoms with E-state index < -0.39 is 0 Å². The molecule has 134 valence electrons. The molecule has 0 fully saturated rings. The summed E-state index contributed by atoms with van der Waals surface area (Å²) in [5.74, 6) is 0.635. The molecule has 26 heavy (non-hydrogen) atoms. The van der Waals surface area contributed by atoms with E-state index in [-0.39, 0.29) is 5.91 Å². The summed E-state index contributed by atoms with van der Waals surface area (Å²) in [4.78, 5) is 19.6. The number of anilines is 2. The Kier molecular flexibility index (Phi) is 5.53. The van der Waals surface area contributed by atoms with E-state index in [9.17, 15) is 4.79 Å². The number of benzene rings is 2. The molecule has 2 aromatic carbocycles. The van der Waals surface area contributed by atoms with E-state index in [1.807, 2.05) is 80.5 Å². The Balaban J connectivity index is 1.65. The van der Waals surface area contributed by atoms with Crippen LogP contribution in [-0.4, -0.2) is 25.0 Å². The summed E-state index contributed by atoms with van der Waals surface area (Å²) in [6, 6.07) is 17.3. The standard InChI is InChI=1S/C20H21N3O2S/c1-14-19(20(24)22-15-9-11-16(12-10-15)23(2)3)26-18(21-14)13-25-17-7-5-4-6-8-17/h4-12H,13H2,1-3H3,(H,22,24). The highest BCUT2D eigenvalue weighted by Gasteiger charge is 2.16. The molecule has 0 radical (unpaired) electrons. The monoisotopic (exact) mass is 367 g/mol. The van der Waals surface area contributed by atoms with E-state index in [0.29, 0.717) is 17.2 Å². The zero-order valence-electron chi connectivity index (χ0n) is 15.0. The molecule has 0 aliphatic heterocycles. The minimum atomic E-state index is -0.149. The first-order chi connectivity index (χ1) is 12.5. The Morgan fingerprint density at radius 1 is 1.12 bits per heavy atom. The van der Waals surface area contributed by atoms with Crippen LogP contribution >= 0.6 is 11.3 Å². The Hall–Kier alpha value is -2.86. The van der Waals surface area contributed by atoms with Crippen molar-refractivity contribution in [2.75, 3.05) is 24.3 Å². The summed E-state index contributed by atoms with van der Waals surface area (Å²) < 4.78 is 5.71. The molecular formula is C20H21N3O2S. The quantitative estimate of drug-likeness (QED) is 0.704. The highest BCUT2D eigenvalue weighted by atomic mass is 32.1. The number of hydrogen-bond acceptors (Lipinski definition) is 5. The van der Waals surface area contributed by atoms with Crippen molar-refractivity contribution < 1.29 is 9.53 Å². The van der Waals surface area contributed by atoms with E-state index in [4.69, 9.17) is 4.74 Å². The van der Waals surface area contributed by atoms with E-state index in [1.165, 1.54) is 11.3 Å². The van der Waals surface area contributed by atoms with Crippen LogP contribution in [-0.2, 0) is 6.61 Å². The fraction of sp³-hybridized carbons (Fsp3) is 0.200. The molecule has 3 aromatic rings. The molecule has 0 bridgehead atoms. The summed E-state index contributed by atoms with van der Waals surface area (Å²) in [7, 11) is 3.96. The van der Waals surface area contributed by atoms with Crippen molar-refractivity contribution in [3.05, 3.63) is 70.2 Å². The number of aryl methyl sites for hydroxylation is 1. The van der Waals surface area contributed by atoms with E-state index in [2.05, 4.69) is 10.3 Å². The van der Waals surface area contributed by atoms with Crippen LogP contribution < -0.4 is 15.0 Å². The van der Waals surface area contributed by atoms with Gasteiger partial charge in [-0.3, -0.25) is 4.79 Å². The van der Waals surface area contributed by atoms with Gasteiger partial charge in [-0.2, -0.15) is 0 Å². The topological polar surface area (TPSA) is 54.5 Å². The van der Waals surface area contributed by atoms with Gasteiger partial charge in [-0.25, -0.2) is 4.98 Å².